The molecule has 0 saturated carbocycles. The lowest BCUT2D eigenvalue weighted by Crippen LogP contribution is -2.73. The van der Waals surface area contributed by atoms with E-state index < -0.39 is 28.2 Å². The molecule has 136 valence electrons. The fraction of sp³-hybridized carbons (Fsp3) is 0.438. The van der Waals surface area contributed by atoms with E-state index in [-0.39, 0.29) is 23.8 Å². The van der Waals surface area contributed by atoms with Crippen LogP contribution in [0.3, 0.4) is 0 Å². The van der Waals surface area contributed by atoms with Crippen LogP contribution in [0.2, 0.25) is 0 Å². The van der Waals surface area contributed by atoms with Gasteiger partial charge in [0.1, 0.15) is 0 Å². The van der Waals surface area contributed by atoms with E-state index in [1.54, 1.807) is 6.07 Å². The van der Waals surface area contributed by atoms with E-state index in [9.17, 15) is 19.7 Å². The summed E-state index contributed by atoms with van der Waals surface area (Å²) in [5.74, 6) is -0.896. The van der Waals surface area contributed by atoms with Gasteiger partial charge in [0.05, 0.1) is 24.2 Å². The third-order valence-corrected chi connectivity index (χ3v) is 5.74. The van der Waals surface area contributed by atoms with Gasteiger partial charge in [0.2, 0.25) is 11.8 Å². The standard InChI is InChI=1S/C16H16N4O5S/c1-18-14(22)16(13(21)17-15(18)26)7-9-6-10(20(23)24)2-3-11(9)19-4-5-25-8-12(16)19/h2-3,6,12H,4-5,7-8H2,1H3,(H,17,21,26)/t12-,16+/m1/s1. The van der Waals surface area contributed by atoms with Crippen LogP contribution in [0.5, 0.6) is 0 Å². The first-order valence-electron chi connectivity index (χ1n) is 8.11. The van der Waals surface area contributed by atoms with Crippen molar-refractivity contribution >= 4 is 40.5 Å². The molecule has 1 aromatic rings. The second kappa shape index (κ2) is 5.71. The number of nitrogens with one attached hydrogen (secondary N) is 1. The predicted molar refractivity (Wildman–Crippen MR) is 94.7 cm³/mol. The lowest BCUT2D eigenvalue weighted by Gasteiger charge is -2.53. The summed E-state index contributed by atoms with van der Waals surface area (Å²) in [7, 11) is 1.52. The largest absolute Gasteiger partial charge is 0.377 e. The highest BCUT2D eigenvalue weighted by atomic mass is 32.1. The molecule has 4 rings (SSSR count). The Kier molecular flexibility index (Phi) is 3.70. The fourth-order valence-corrected chi connectivity index (χ4v) is 4.23. The third-order valence-electron chi connectivity index (χ3n) is 5.37. The van der Waals surface area contributed by atoms with Crippen molar-refractivity contribution in [1.82, 2.24) is 10.2 Å². The first kappa shape index (κ1) is 16.9. The molecule has 2 fully saturated rings. The van der Waals surface area contributed by atoms with E-state index >= 15 is 0 Å². The number of morpholine rings is 1. The number of benzene rings is 1. The SMILES string of the molecule is CN1C(=O)[C@]2(Cc3cc([N+](=O)[O-])ccc3N3CCOC[C@@H]32)C(=O)NC1=S. The molecule has 1 spiro atoms. The van der Waals surface area contributed by atoms with E-state index in [0.29, 0.717) is 18.7 Å². The lowest BCUT2D eigenvalue weighted by atomic mass is 9.68. The molecular weight excluding hydrogens is 360 g/mol. The molecule has 0 radical (unpaired) electrons. The summed E-state index contributed by atoms with van der Waals surface area (Å²) in [5, 5.41) is 13.8. The number of rotatable bonds is 1. The number of fused-ring (bicyclic) bond motifs is 4. The molecule has 3 aliphatic heterocycles. The number of anilines is 1. The van der Waals surface area contributed by atoms with Gasteiger partial charge in [0.25, 0.3) is 5.69 Å². The zero-order valence-corrected chi connectivity index (χ0v) is 14.7. The number of ether oxygens (including phenoxy) is 1. The van der Waals surface area contributed by atoms with E-state index in [2.05, 4.69) is 5.32 Å². The van der Waals surface area contributed by atoms with Gasteiger partial charge >= 0.3 is 0 Å². The number of amides is 2. The minimum absolute atomic E-state index is 0.0544. The molecule has 1 N–H and O–H groups in total. The van der Waals surface area contributed by atoms with Gasteiger partial charge in [-0.15, -0.1) is 0 Å². The minimum Gasteiger partial charge on any atom is -0.377 e. The Labute approximate surface area is 154 Å². The summed E-state index contributed by atoms with van der Waals surface area (Å²) in [5.41, 5.74) is -0.106. The number of carbonyl (C=O) groups excluding carboxylic acids is 2. The highest BCUT2D eigenvalue weighted by Gasteiger charge is 2.61. The Balaban J connectivity index is 1.90. The maximum Gasteiger partial charge on any atom is 0.269 e. The lowest BCUT2D eigenvalue weighted by molar-refractivity contribution is -0.384. The molecule has 2 saturated heterocycles. The van der Waals surface area contributed by atoms with Gasteiger partial charge in [-0.25, -0.2) is 0 Å². The smallest absolute Gasteiger partial charge is 0.269 e. The molecule has 1 aromatic carbocycles. The molecule has 9 nitrogen and oxygen atoms in total. The second-order valence-corrected chi connectivity index (χ2v) is 7.01. The summed E-state index contributed by atoms with van der Waals surface area (Å²) >= 11 is 5.05. The topological polar surface area (TPSA) is 105 Å². The number of thiocarbonyl (C=S) groups is 1. The van der Waals surface area contributed by atoms with Crippen LogP contribution in [0.25, 0.3) is 0 Å². The van der Waals surface area contributed by atoms with Crippen molar-refractivity contribution in [1.29, 1.82) is 0 Å². The van der Waals surface area contributed by atoms with E-state index in [0.717, 1.165) is 5.69 Å². The van der Waals surface area contributed by atoms with Crippen molar-refractivity contribution in [2.24, 2.45) is 5.41 Å². The fourth-order valence-electron chi connectivity index (χ4n) is 4.06. The summed E-state index contributed by atoms with van der Waals surface area (Å²) in [4.78, 5) is 40.0. The van der Waals surface area contributed by atoms with Gasteiger partial charge in [-0.2, -0.15) is 0 Å². The van der Waals surface area contributed by atoms with Gasteiger partial charge in [-0.1, -0.05) is 0 Å². The molecule has 26 heavy (non-hydrogen) atoms. The molecule has 0 aromatic heterocycles. The van der Waals surface area contributed by atoms with Crippen LogP contribution in [-0.4, -0.2) is 59.6 Å². The van der Waals surface area contributed by atoms with Crippen molar-refractivity contribution in [3.8, 4) is 0 Å². The molecule has 3 aliphatic rings. The number of non-ortho nitro benzene ring substituents is 1. The average Bonchev–Trinajstić information content (AvgIpc) is 2.64. The van der Waals surface area contributed by atoms with Crippen molar-refractivity contribution < 1.29 is 19.2 Å². The Morgan fingerprint density at radius 1 is 1.42 bits per heavy atom. The van der Waals surface area contributed by atoms with E-state index in [1.165, 1.54) is 24.1 Å². The zero-order valence-electron chi connectivity index (χ0n) is 13.9. The first-order chi connectivity index (χ1) is 12.4. The Morgan fingerprint density at radius 3 is 2.92 bits per heavy atom. The summed E-state index contributed by atoms with van der Waals surface area (Å²) in [6.07, 6.45) is 0.0617. The average molecular weight is 376 g/mol. The molecule has 0 bridgehead atoms. The number of nitro groups is 1. The van der Waals surface area contributed by atoms with E-state index in [4.69, 9.17) is 17.0 Å². The first-order valence-corrected chi connectivity index (χ1v) is 8.52. The number of carbonyl (C=O) groups is 2. The molecular formula is C16H16N4O5S. The second-order valence-electron chi connectivity index (χ2n) is 6.63. The Bertz CT molecular complexity index is 859. The predicted octanol–water partition coefficient (Wildman–Crippen LogP) is 0.216. The van der Waals surface area contributed by atoms with Crippen LogP contribution in [0, 0.1) is 15.5 Å². The Hall–Kier alpha value is -2.59. The molecule has 0 unspecified atom stereocenters. The number of hydrogen-bond acceptors (Lipinski definition) is 7. The van der Waals surface area contributed by atoms with Crippen LogP contribution >= 0.6 is 12.2 Å². The van der Waals surface area contributed by atoms with Crippen molar-refractivity contribution in [3.05, 3.63) is 33.9 Å². The highest BCUT2D eigenvalue weighted by Crippen LogP contribution is 2.45. The maximum absolute atomic E-state index is 13.2. The van der Waals surface area contributed by atoms with Crippen molar-refractivity contribution in [2.45, 2.75) is 12.5 Å². The zero-order chi connectivity index (χ0) is 18.6. The van der Waals surface area contributed by atoms with E-state index in [1.807, 2.05) is 4.90 Å². The van der Waals surface area contributed by atoms with Gasteiger partial charge < -0.3 is 15.0 Å². The van der Waals surface area contributed by atoms with Crippen LogP contribution in [0.4, 0.5) is 11.4 Å². The summed E-state index contributed by atoms with van der Waals surface area (Å²) in [6.45, 7) is 1.16. The van der Waals surface area contributed by atoms with Crippen LogP contribution < -0.4 is 10.2 Å². The quantitative estimate of drug-likeness (QED) is 0.323. The number of nitro benzene ring substituents is 1. The normalized spacial score (nSPS) is 27.9. The van der Waals surface area contributed by atoms with Crippen molar-refractivity contribution in [3.63, 3.8) is 0 Å². The van der Waals surface area contributed by atoms with Gasteiger partial charge in [0, 0.05) is 37.8 Å². The van der Waals surface area contributed by atoms with Gasteiger partial charge in [-0.05, 0) is 23.8 Å². The van der Waals surface area contributed by atoms with Crippen LogP contribution in [-0.2, 0) is 20.7 Å². The monoisotopic (exact) mass is 376 g/mol. The molecule has 0 aliphatic carbocycles. The molecule has 3 heterocycles. The van der Waals surface area contributed by atoms with Gasteiger partial charge in [-0.3, -0.25) is 24.6 Å². The number of nitrogens with zero attached hydrogens (tertiary/aromatic N) is 3. The third kappa shape index (κ3) is 2.15. The molecule has 10 heteroatoms. The maximum atomic E-state index is 13.2. The van der Waals surface area contributed by atoms with Crippen LogP contribution in [0.15, 0.2) is 18.2 Å². The summed E-state index contributed by atoms with van der Waals surface area (Å²) < 4.78 is 5.57. The summed E-state index contributed by atoms with van der Waals surface area (Å²) in [6, 6.07) is 4.06. The van der Waals surface area contributed by atoms with Gasteiger partial charge in [0.15, 0.2) is 10.5 Å². The van der Waals surface area contributed by atoms with Crippen molar-refractivity contribution in [2.75, 3.05) is 31.7 Å². The molecule has 2 atom stereocenters. The highest BCUT2D eigenvalue weighted by molar-refractivity contribution is 7.80. The molecule has 2 amide bonds. The van der Waals surface area contributed by atoms with Crippen LogP contribution in [0.1, 0.15) is 5.56 Å². The minimum atomic E-state index is -1.43. The number of hydrogen-bond donors (Lipinski definition) is 1. The Morgan fingerprint density at radius 2 is 2.19 bits per heavy atom.